The third-order valence-electron chi connectivity index (χ3n) is 1.51. The third kappa shape index (κ3) is 3.77. The third-order valence-corrected chi connectivity index (χ3v) is 3.30. The fraction of sp³-hybridized carbons (Fsp3) is 0.222. The second-order valence-electron chi connectivity index (χ2n) is 2.56. The van der Waals surface area contributed by atoms with Gasteiger partial charge in [-0.1, -0.05) is 12.2 Å². The molecule has 76 valence electrons. The normalized spacial score (nSPS) is 10.7. The fourth-order valence-electron chi connectivity index (χ4n) is 0.862. The number of nitrogens with two attached hydrogens (primary N) is 1. The summed E-state index contributed by atoms with van der Waals surface area (Å²) in [6.45, 7) is 1.04. The standard InChI is InChI=1S/C9H11IN2OS/c10-8-5-7(6-14-8)9(13)12-4-2-1-3-11/h1-2,5-6H,3-4,11H2,(H,12,13)/b2-1+. The molecule has 0 spiro atoms. The Morgan fingerprint density at radius 3 is 3.00 bits per heavy atom. The molecule has 3 nitrogen and oxygen atoms in total. The summed E-state index contributed by atoms with van der Waals surface area (Å²) in [5, 5.41) is 4.62. The van der Waals surface area contributed by atoms with Crippen LogP contribution in [0.15, 0.2) is 23.6 Å². The largest absolute Gasteiger partial charge is 0.349 e. The lowest BCUT2D eigenvalue weighted by molar-refractivity contribution is 0.0958. The highest BCUT2D eigenvalue weighted by Gasteiger charge is 2.05. The van der Waals surface area contributed by atoms with Crippen molar-refractivity contribution in [3.63, 3.8) is 0 Å². The number of thiophene rings is 1. The first-order valence-corrected chi connectivity index (χ1v) is 6.07. The molecule has 1 heterocycles. The summed E-state index contributed by atoms with van der Waals surface area (Å²) < 4.78 is 1.12. The van der Waals surface area contributed by atoms with Crippen molar-refractivity contribution in [3.8, 4) is 0 Å². The lowest BCUT2D eigenvalue weighted by Crippen LogP contribution is -2.22. The van der Waals surface area contributed by atoms with Crippen LogP contribution in [0.5, 0.6) is 0 Å². The summed E-state index contributed by atoms with van der Waals surface area (Å²) in [6, 6.07) is 1.87. The molecule has 0 aromatic carbocycles. The van der Waals surface area contributed by atoms with Gasteiger partial charge in [-0.05, 0) is 28.7 Å². The first-order chi connectivity index (χ1) is 6.74. The molecule has 1 amide bonds. The van der Waals surface area contributed by atoms with Crippen LogP contribution in [0.3, 0.4) is 0 Å². The quantitative estimate of drug-likeness (QED) is 0.653. The Morgan fingerprint density at radius 1 is 1.64 bits per heavy atom. The molecule has 0 aliphatic rings. The molecule has 0 saturated carbocycles. The molecule has 0 bridgehead atoms. The minimum Gasteiger partial charge on any atom is -0.349 e. The van der Waals surface area contributed by atoms with E-state index in [0.29, 0.717) is 13.1 Å². The number of halogens is 1. The van der Waals surface area contributed by atoms with Crippen LogP contribution in [0.1, 0.15) is 10.4 Å². The van der Waals surface area contributed by atoms with E-state index in [1.54, 1.807) is 11.3 Å². The number of carbonyl (C=O) groups excluding carboxylic acids is 1. The topological polar surface area (TPSA) is 55.1 Å². The molecule has 0 aliphatic heterocycles. The summed E-state index contributed by atoms with van der Waals surface area (Å²) in [5.74, 6) is -0.0363. The van der Waals surface area contributed by atoms with Gasteiger partial charge >= 0.3 is 0 Å². The number of amides is 1. The van der Waals surface area contributed by atoms with Crippen molar-refractivity contribution >= 4 is 39.8 Å². The summed E-state index contributed by atoms with van der Waals surface area (Å²) in [7, 11) is 0. The van der Waals surface area contributed by atoms with Gasteiger partial charge in [0.2, 0.25) is 0 Å². The van der Waals surface area contributed by atoms with Crippen LogP contribution in [0.4, 0.5) is 0 Å². The first kappa shape index (κ1) is 11.7. The Bertz CT molecular complexity index is 335. The molecule has 1 rings (SSSR count). The summed E-state index contributed by atoms with van der Waals surface area (Å²) in [6.07, 6.45) is 3.66. The number of nitrogens with one attached hydrogen (secondary N) is 1. The Labute approximate surface area is 101 Å². The molecule has 3 N–H and O–H groups in total. The number of carbonyl (C=O) groups is 1. The zero-order valence-electron chi connectivity index (χ0n) is 7.50. The Balaban J connectivity index is 2.39. The van der Waals surface area contributed by atoms with Gasteiger partial charge in [0, 0.05) is 18.5 Å². The van der Waals surface area contributed by atoms with Gasteiger partial charge in [-0.15, -0.1) is 11.3 Å². The van der Waals surface area contributed by atoms with Crippen molar-refractivity contribution in [1.82, 2.24) is 5.32 Å². The Morgan fingerprint density at radius 2 is 2.43 bits per heavy atom. The van der Waals surface area contributed by atoms with Gasteiger partial charge in [0.1, 0.15) is 0 Å². The maximum Gasteiger partial charge on any atom is 0.252 e. The van der Waals surface area contributed by atoms with Crippen LogP contribution in [0, 0.1) is 2.88 Å². The van der Waals surface area contributed by atoms with Gasteiger partial charge in [-0.25, -0.2) is 0 Å². The average Bonchev–Trinajstić information content (AvgIpc) is 2.59. The first-order valence-electron chi connectivity index (χ1n) is 4.11. The molecule has 1 aromatic rings. The molecular formula is C9H11IN2OS. The summed E-state index contributed by atoms with van der Waals surface area (Å²) >= 11 is 3.76. The van der Waals surface area contributed by atoms with Crippen molar-refractivity contribution in [2.24, 2.45) is 5.73 Å². The zero-order chi connectivity index (χ0) is 10.4. The van der Waals surface area contributed by atoms with E-state index in [4.69, 9.17) is 5.73 Å². The van der Waals surface area contributed by atoms with Crippen LogP contribution in [0.25, 0.3) is 0 Å². The van der Waals surface area contributed by atoms with Crippen molar-refractivity contribution in [3.05, 3.63) is 32.0 Å². The SMILES string of the molecule is NC/C=C/CNC(=O)c1csc(I)c1. The molecular weight excluding hydrogens is 311 g/mol. The lowest BCUT2D eigenvalue weighted by atomic mass is 10.3. The monoisotopic (exact) mass is 322 g/mol. The number of hydrogen-bond donors (Lipinski definition) is 2. The van der Waals surface area contributed by atoms with Crippen molar-refractivity contribution in [2.45, 2.75) is 0 Å². The number of rotatable bonds is 4. The molecule has 0 radical (unpaired) electrons. The molecule has 1 aromatic heterocycles. The van der Waals surface area contributed by atoms with E-state index in [-0.39, 0.29) is 5.91 Å². The van der Waals surface area contributed by atoms with E-state index in [1.165, 1.54) is 0 Å². The lowest BCUT2D eigenvalue weighted by Gasteiger charge is -1.98. The molecule has 0 atom stereocenters. The second-order valence-corrected chi connectivity index (χ2v) is 5.36. The molecule has 0 unspecified atom stereocenters. The minimum atomic E-state index is -0.0363. The highest BCUT2D eigenvalue weighted by Crippen LogP contribution is 2.16. The minimum absolute atomic E-state index is 0.0363. The maximum absolute atomic E-state index is 11.4. The second kappa shape index (κ2) is 6.15. The van der Waals surface area contributed by atoms with Crippen molar-refractivity contribution in [1.29, 1.82) is 0 Å². The summed E-state index contributed by atoms with van der Waals surface area (Å²) in [4.78, 5) is 11.4. The maximum atomic E-state index is 11.4. The molecule has 5 heteroatoms. The molecule has 0 aliphatic carbocycles. The number of hydrogen-bond acceptors (Lipinski definition) is 3. The highest BCUT2D eigenvalue weighted by molar-refractivity contribution is 14.1. The van der Waals surface area contributed by atoms with E-state index in [2.05, 4.69) is 27.9 Å². The molecule has 0 fully saturated rings. The smallest absolute Gasteiger partial charge is 0.252 e. The zero-order valence-corrected chi connectivity index (χ0v) is 10.5. The summed E-state index contributed by atoms with van der Waals surface area (Å²) in [5.41, 5.74) is 5.98. The van der Waals surface area contributed by atoms with Crippen LogP contribution >= 0.6 is 33.9 Å². The molecule has 0 saturated heterocycles. The Kier molecular flexibility index (Phi) is 5.13. The predicted molar refractivity (Wildman–Crippen MR) is 67.6 cm³/mol. The van der Waals surface area contributed by atoms with Gasteiger partial charge < -0.3 is 11.1 Å². The highest BCUT2D eigenvalue weighted by atomic mass is 127. The molecule has 14 heavy (non-hydrogen) atoms. The van der Waals surface area contributed by atoms with Gasteiger partial charge in [0.05, 0.1) is 8.45 Å². The van der Waals surface area contributed by atoms with Gasteiger partial charge in [0.25, 0.3) is 5.91 Å². The predicted octanol–water partition coefficient (Wildman–Crippen LogP) is 1.60. The van der Waals surface area contributed by atoms with E-state index < -0.39 is 0 Å². The van der Waals surface area contributed by atoms with E-state index >= 15 is 0 Å². The van der Waals surface area contributed by atoms with Gasteiger partial charge in [0.15, 0.2) is 0 Å². The van der Waals surface area contributed by atoms with Gasteiger partial charge in [-0.2, -0.15) is 0 Å². The van der Waals surface area contributed by atoms with E-state index in [9.17, 15) is 4.79 Å². The van der Waals surface area contributed by atoms with Crippen molar-refractivity contribution < 1.29 is 4.79 Å². The van der Waals surface area contributed by atoms with Crippen LogP contribution in [0.2, 0.25) is 0 Å². The van der Waals surface area contributed by atoms with E-state index in [0.717, 1.165) is 8.45 Å². The van der Waals surface area contributed by atoms with Crippen molar-refractivity contribution in [2.75, 3.05) is 13.1 Å². The Hall–Kier alpha value is -0.400. The van der Waals surface area contributed by atoms with Crippen LogP contribution in [-0.2, 0) is 0 Å². The van der Waals surface area contributed by atoms with Crippen LogP contribution in [-0.4, -0.2) is 19.0 Å². The van der Waals surface area contributed by atoms with Crippen LogP contribution < -0.4 is 11.1 Å². The van der Waals surface area contributed by atoms with Gasteiger partial charge in [-0.3, -0.25) is 4.79 Å². The average molecular weight is 322 g/mol. The fourth-order valence-corrected chi connectivity index (χ4v) is 2.19. The van der Waals surface area contributed by atoms with E-state index in [1.807, 2.05) is 23.6 Å².